The Kier molecular flexibility index (Phi) is 5.37. The summed E-state index contributed by atoms with van der Waals surface area (Å²) in [6, 6.07) is 10.2. The van der Waals surface area contributed by atoms with Gasteiger partial charge in [0.1, 0.15) is 9.39 Å². The molecule has 0 radical (unpaired) electrons. The Labute approximate surface area is 149 Å². The smallest absolute Gasteiger partial charge is 0.123 e. The summed E-state index contributed by atoms with van der Waals surface area (Å²) in [5.41, 5.74) is 3.18. The topological polar surface area (TPSA) is 61.4 Å². The summed E-state index contributed by atoms with van der Waals surface area (Å²) < 4.78 is 4.84. The van der Waals surface area contributed by atoms with E-state index in [-0.39, 0.29) is 0 Å². The quantitative estimate of drug-likeness (QED) is 0.550. The molecule has 0 saturated heterocycles. The average Bonchev–Trinajstić information content (AvgIpc) is 3.15. The highest BCUT2D eigenvalue weighted by atomic mass is 127. The number of aromatic nitrogens is 6. The number of rotatable bonds is 7. The van der Waals surface area contributed by atoms with Crippen molar-refractivity contribution < 1.29 is 0 Å². The first-order valence-electron chi connectivity index (χ1n) is 7.77. The fourth-order valence-electron chi connectivity index (χ4n) is 2.35. The lowest BCUT2D eigenvalue weighted by atomic mass is 10.2. The van der Waals surface area contributed by atoms with Gasteiger partial charge in [-0.25, -0.2) is 9.36 Å². The second kappa shape index (κ2) is 7.67. The highest BCUT2D eigenvalue weighted by Crippen LogP contribution is 2.13. The van der Waals surface area contributed by atoms with Gasteiger partial charge in [0.2, 0.25) is 0 Å². The van der Waals surface area contributed by atoms with E-state index in [2.05, 4.69) is 62.3 Å². The molecule has 6 nitrogen and oxygen atoms in total. The van der Waals surface area contributed by atoms with Crippen molar-refractivity contribution in [1.29, 1.82) is 0 Å². The van der Waals surface area contributed by atoms with Crippen LogP contribution in [0.5, 0.6) is 0 Å². The molecule has 0 spiro atoms. The van der Waals surface area contributed by atoms with E-state index in [4.69, 9.17) is 0 Å². The first-order valence-corrected chi connectivity index (χ1v) is 8.85. The Morgan fingerprint density at radius 3 is 2.65 bits per heavy atom. The molecule has 0 aliphatic rings. The molecule has 23 heavy (non-hydrogen) atoms. The molecule has 0 fully saturated rings. The predicted molar refractivity (Wildman–Crippen MR) is 96.0 cm³/mol. The summed E-state index contributed by atoms with van der Waals surface area (Å²) >= 11 is 2.31. The molecule has 2 heterocycles. The van der Waals surface area contributed by atoms with Crippen LogP contribution in [0.25, 0.3) is 0 Å². The Hall–Kier alpha value is -1.77. The summed E-state index contributed by atoms with van der Waals surface area (Å²) in [4.78, 5) is 0. The molecule has 0 aliphatic heterocycles. The number of benzene rings is 1. The monoisotopic (exact) mass is 422 g/mol. The fraction of sp³-hybridized carbons (Fsp3) is 0.375. The average molecular weight is 422 g/mol. The molecule has 3 aromatic rings. The Morgan fingerprint density at radius 2 is 1.87 bits per heavy atom. The molecule has 120 valence electrons. The Bertz CT molecular complexity index is 749. The van der Waals surface area contributed by atoms with Gasteiger partial charge in [-0.3, -0.25) is 0 Å². The van der Waals surface area contributed by atoms with Crippen LogP contribution in [0.15, 0.2) is 36.5 Å². The SMILES string of the molecule is CCCCc1nnn(Cc2cn(Cc3ccccc3)nn2)c1I. The lowest BCUT2D eigenvalue weighted by Crippen LogP contribution is -2.05. The van der Waals surface area contributed by atoms with Crippen LogP contribution in [-0.4, -0.2) is 30.0 Å². The molecule has 0 unspecified atom stereocenters. The number of nitrogens with zero attached hydrogens (tertiary/aromatic N) is 6. The van der Waals surface area contributed by atoms with Crippen LogP contribution in [0, 0.1) is 3.70 Å². The Balaban J connectivity index is 1.66. The number of unbranched alkanes of at least 4 members (excludes halogenated alkanes) is 1. The normalized spacial score (nSPS) is 11.0. The molecule has 0 N–H and O–H groups in total. The molecular weight excluding hydrogens is 403 g/mol. The molecule has 0 atom stereocenters. The molecule has 7 heteroatoms. The lowest BCUT2D eigenvalue weighted by Gasteiger charge is -2.00. The summed E-state index contributed by atoms with van der Waals surface area (Å²) in [6.07, 6.45) is 5.25. The van der Waals surface area contributed by atoms with Gasteiger partial charge in [-0.15, -0.1) is 10.2 Å². The van der Waals surface area contributed by atoms with Crippen molar-refractivity contribution >= 4 is 22.6 Å². The zero-order valence-corrected chi connectivity index (χ0v) is 15.2. The third-order valence-electron chi connectivity index (χ3n) is 3.59. The maximum atomic E-state index is 4.27. The van der Waals surface area contributed by atoms with Crippen LogP contribution >= 0.6 is 22.6 Å². The van der Waals surface area contributed by atoms with E-state index >= 15 is 0 Å². The predicted octanol–water partition coefficient (Wildman–Crippen LogP) is 2.91. The van der Waals surface area contributed by atoms with Crippen LogP contribution < -0.4 is 0 Å². The highest BCUT2D eigenvalue weighted by molar-refractivity contribution is 14.1. The number of halogens is 1. The van der Waals surface area contributed by atoms with E-state index in [1.807, 2.05) is 33.8 Å². The Morgan fingerprint density at radius 1 is 1.04 bits per heavy atom. The van der Waals surface area contributed by atoms with E-state index < -0.39 is 0 Å². The van der Waals surface area contributed by atoms with Crippen molar-refractivity contribution in [3.8, 4) is 0 Å². The van der Waals surface area contributed by atoms with Gasteiger partial charge in [0.25, 0.3) is 0 Å². The molecular formula is C16H19IN6. The van der Waals surface area contributed by atoms with Crippen LogP contribution in [0.2, 0.25) is 0 Å². The molecule has 1 aromatic carbocycles. The van der Waals surface area contributed by atoms with Gasteiger partial charge in [-0.05, 0) is 41.0 Å². The van der Waals surface area contributed by atoms with E-state index in [0.29, 0.717) is 6.54 Å². The summed E-state index contributed by atoms with van der Waals surface area (Å²) in [6.45, 7) is 3.51. The first kappa shape index (κ1) is 16.1. The second-order valence-electron chi connectivity index (χ2n) is 5.48. The molecule has 0 aliphatic carbocycles. The van der Waals surface area contributed by atoms with Crippen molar-refractivity contribution in [3.05, 3.63) is 57.2 Å². The first-order chi connectivity index (χ1) is 11.3. The van der Waals surface area contributed by atoms with E-state index in [0.717, 1.165) is 40.9 Å². The summed E-state index contributed by atoms with van der Waals surface area (Å²) in [5.74, 6) is 0. The van der Waals surface area contributed by atoms with Crippen LogP contribution in [0.3, 0.4) is 0 Å². The number of hydrogen-bond acceptors (Lipinski definition) is 4. The minimum Gasteiger partial charge on any atom is -0.248 e. The molecule has 3 rings (SSSR count). The van der Waals surface area contributed by atoms with E-state index in [9.17, 15) is 0 Å². The van der Waals surface area contributed by atoms with Gasteiger partial charge in [-0.1, -0.05) is 54.1 Å². The molecule has 0 saturated carbocycles. The minimum absolute atomic E-state index is 0.603. The molecule has 2 aromatic heterocycles. The van der Waals surface area contributed by atoms with E-state index in [1.54, 1.807) is 0 Å². The van der Waals surface area contributed by atoms with Crippen LogP contribution in [-0.2, 0) is 19.5 Å². The zero-order valence-electron chi connectivity index (χ0n) is 13.1. The largest absolute Gasteiger partial charge is 0.248 e. The fourth-order valence-corrected chi connectivity index (χ4v) is 2.99. The van der Waals surface area contributed by atoms with Crippen molar-refractivity contribution in [2.24, 2.45) is 0 Å². The third kappa shape index (κ3) is 4.15. The van der Waals surface area contributed by atoms with Crippen LogP contribution in [0.4, 0.5) is 0 Å². The van der Waals surface area contributed by atoms with Gasteiger partial charge in [0.05, 0.1) is 25.0 Å². The number of aryl methyl sites for hydroxylation is 1. The van der Waals surface area contributed by atoms with E-state index in [1.165, 1.54) is 5.56 Å². The maximum absolute atomic E-state index is 4.27. The van der Waals surface area contributed by atoms with Crippen LogP contribution in [0.1, 0.15) is 36.7 Å². The van der Waals surface area contributed by atoms with Gasteiger partial charge < -0.3 is 0 Å². The third-order valence-corrected chi connectivity index (χ3v) is 4.77. The zero-order chi connectivity index (χ0) is 16.1. The second-order valence-corrected chi connectivity index (χ2v) is 6.50. The number of hydrogen-bond donors (Lipinski definition) is 0. The van der Waals surface area contributed by atoms with Crippen molar-refractivity contribution in [2.45, 2.75) is 39.3 Å². The van der Waals surface area contributed by atoms with Crippen molar-refractivity contribution in [3.63, 3.8) is 0 Å². The van der Waals surface area contributed by atoms with Crippen molar-refractivity contribution in [1.82, 2.24) is 30.0 Å². The van der Waals surface area contributed by atoms with Crippen molar-refractivity contribution in [2.75, 3.05) is 0 Å². The standard InChI is InChI=1S/C16H19IN6/c1-2-3-9-15-16(17)23(21-19-15)12-14-11-22(20-18-14)10-13-7-5-4-6-8-13/h4-8,11H,2-3,9-10,12H2,1H3. The maximum Gasteiger partial charge on any atom is 0.123 e. The summed E-state index contributed by atoms with van der Waals surface area (Å²) in [5, 5.41) is 17.0. The minimum atomic E-state index is 0.603. The van der Waals surface area contributed by atoms with Gasteiger partial charge in [0, 0.05) is 0 Å². The summed E-state index contributed by atoms with van der Waals surface area (Å²) in [7, 11) is 0. The lowest BCUT2D eigenvalue weighted by molar-refractivity contribution is 0.622. The molecule has 0 amide bonds. The molecule has 0 bridgehead atoms. The van der Waals surface area contributed by atoms with Gasteiger partial charge in [0.15, 0.2) is 0 Å². The van der Waals surface area contributed by atoms with Gasteiger partial charge in [-0.2, -0.15) is 0 Å². The van der Waals surface area contributed by atoms with Gasteiger partial charge >= 0.3 is 0 Å². The highest BCUT2D eigenvalue weighted by Gasteiger charge is 2.11.